The summed E-state index contributed by atoms with van der Waals surface area (Å²) >= 11 is 0. The van der Waals surface area contributed by atoms with E-state index >= 15 is 0 Å². The summed E-state index contributed by atoms with van der Waals surface area (Å²) < 4.78 is 14.0. The molecular formula is C26H30N2O4. The average Bonchev–Trinajstić information content (AvgIpc) is 3.04. The second-order valence-corrected chi connectivity index (χ2v) is 8.44. The molecule has 2 aromatic carbocycles. The number of benzene rings is 2. The highest BCUT2D eigenvalue weighted by atomic mass is 16.5. The summed E-state index contributed by atoms with van der Waals surface area (Å²) in [4.78, 5) is 13.1. The molecule has 0 aliphatic carbocycles. The number of aromatic hydroxyl groups is 1. The fraction of sp³-hybridized carbons (Fsp3) is 0.346. The van der Waals surface area contributed by atoms with Gasteiger partial charge in [-0.25, -0.2) is 4.79 Å². The predicted octanol–water partition coefficient (Wildman–Crippen LogP) is 5.24. The first kappa shape index (κ1) is 21.8. The quantitative estimate of drug-likeness (QED) is 0.424. The van der Waals surface area contributed by atoms with Crippen LogP contribution in [0.5, 0.6) is 11.5 Å². The molecule has 168 valence electrons. The van der Waals surface area contributed by atoms with E-state index < -0.39 is 5.97 Å². The Morgan fingerprint density at radius 1 is 1.19 bits per heavy atom. The van der Waals surface area contributed by atoms with Crippen LogP contribution in [0.4, 0.5) is 5.69 Å². The van der Waals surface area contributed by atoms with Gasteiger partial charge in [-0.15, -0.1) is 0 Å². The highest BCUT2D eigenvalue weighted by Gasteiger charge is 2.33. The van der Waals surface area contributed by atoms with Crippen LogP contribution in [0.15, 0.2) is 30.3 Å². The number of phenolic OH excluding ortho intramolecular Hbond substituents is 1. The number of nitrogen functional groups attached to an aromatic ring is 1. The average molecular weight is 435 g/mol. The SMILES string of the molecule is CCOC(=O)c1c(OC(C)c2cc(C)c(O)c(C)c2)c(C)n2c1-c1cc(N)ccc1CC2. The minimum absolute atomic E-state index is 0.275. The first-order valence-corrected chi connectivity index (χ1v) is 11.0. The second-order valence-electron chi connectivity index (χ2n) is 8.44. The van der Waals surface area contributed by atoms with Gasteiger partial charge in [0.1, 0.15) is 17.4 Å². The van der Waals surface area contributed by atoms with E-state index in [1.807, 2.05) is 58.0 Å². The van der Waals surface area contributed by atoms with Gasteiger partial charge in [-0.05, 0) is 87.6 Å². The topological polar surface area (TPSA) is 86.7 Å². The van der Waals surface area contributed by atoms with Gasteiger partial charge in [0, 0.05) is 17.8 Å². The summed E-state index contributed by atoms with van der Waals surface area (Å²) in [5.74, 6) is 0.419. The van der Waals surface area contributed by atoms with Gasteiger partial charge in [-0.3, -0.25) is 0 Å². The Bertz CT molecular complexity index is 1190. The Hall–Kier alpha value is -3.41. The number of carbonyl (C=O) groups is 1. The van der Waals surface area contributed by atoms with E-state index in [1.165, 1.54) is 0 Å². The number of esters is 1. The third-order valence-electron chi connectivity index (χ3n) is 6.22. The summed E-state index contributed by atoms with van der Waals surface area (Å²) in [5, 5.41) is 10.1. The molecule has 0 radical (unpaired) electrons. The number of anilines is 1. The third kappa shape index (κ3) is 3.60. The van der Waals surface area contributed by atoms with Gasteiger partial charge < -0.3 is 24.9 Å². The van der Waals surface area contributed by atoms with Crippen LogP contribution in [-0.4, -0.2) is 22.2 Å². The number of aromatic nitrogens is 1. The van der Waals surface area contributed by atoms with Crippen LogP contribution in [0, 0.1) is 20.8 Å². The zero-order chi connectivity index (χ0) is 23.2. The van der Waals surface area contributed by atoms with E-state index in [9.17, 15) is 9.90 Å². The molecule has 32 heavy (non-hydrogen) atoms. The molecule has 0 bridgehead atoms. The van der Waals surface area contributed by atoms with Gasteiger partial charge in [0.2, 0.25) is 0 Å². The number of ether oxygens (including phenoxy) is 2. The molecule has 3 aromatic rings. The van der Waals surface area contributed by atoms with E-state index in [0.717, 1.165) is 52.2 Å². The van der Waals surface area contributed by atoms with Crippen LogP contribution in [0.3, 0.4) is 0 Å². The largest absolute Gasteiger partial charge is 0.507 e. The van der Waals surface area contributed by atoms with E-state index in [0.29, 0.717) is 17.0 Å². The van der Waals surface area contributed by atoms with E-state index in [1.54, 1.807) is 6.92 Å². The number of fused-ring (bicyclic) bond motifs is 3. The van der Waals surface area contributed by atoms with Crippen LogP contribution in [0.2, 0.25) is 0 Å². The van der Waals surface area contributed by atoms with Crippen molar-refractivity contribution in [2.45, 2.75) is 53.7 Å². The molecule has 0 spiro atoms. The minimum atomic E-state index is -0.403. The number of carbonyl (C=O) groups excluding carboxylic acids is 1. The molecule has 0 amide bonds. The monoisotopic (exact) mass is 434 g/mol. The lowest BCUT2D eigenvalue weighted by molar-refractivity contribution is 0.0520. The Morgan fingerprint density at radius 3 is 2.53 bits per heavy atom. The Kier molecular flexibility index (Phi) is 5.63. The number of rotatable bonds is 5. The van der Waals surface area contributed by atoms with Crippen molar-refractivity contribution in [3.05, 3.63) is 63.8 Å². The fourth-order valence-electron chi connectivity index (χ4n) is 4.54. The maximum atomic E-state index is 13.1. The number of phenols is 1. The minimum Gasteiger partial charge on any atom is -0.507 e. The number of nitrogens with two attached hydrogens (primary N) is 1. The molecule has 0 fully saturated rings. The molecule has 1 aliphatic heterocycles. The molecule has 6 heteroatoms. The van der Waals surface area contributed by atoms with Crippen LogP contribution in [-0.2, 0) is 17.7 Å². The molecule has 2 heterocycles. The standard InChI is InChI=1S/C26H30N2O4/c1-6-31-26(30)22-23-21-13-20(27)8-7-18(21)9-10-28(23)16(4)25(22)32-17(5)19-11-14(2)24(29)15(3)12-19/h7-8,11-13,17,29H,6,9-10,27H2,1-5H3. The van der Waals surface area contributed by atoms with E-state index in [-0.39, 0.29) is 18.5 Å². The van der Waals surface area contributed by atoms with Crippen LogP contribution in [0.1, 0.15) is 58.3 Å². The van der Waals surface area contributed by atoms with Crippen molar-refractivity contribution in [3.8, 4) is 22.8 Å². The van der Waals surface area contributed by atoms with Crippen molar-refractivity contribution in [2.75, 3.05) is 12.3 Å². The van der Waals surface area contributed by atoms with Crippen LogP contribution in [0.25, 0.3) is 11.3 Å². The molecule has 1 aromatic heterocycles. The van der Waals surface area contributed by atoms with E-state index in [2.05, 4.69) is 4.57 Å². The molecule has 4 rings (SSSR count). The molecule has 1 unspecified atom stereocenters. The van der Waals surface area contributed by atoms with Crippen molar-refractivity contribution >= 4 is 11.7 Å². The molecule has 1 atom stereocenters. The molecule has 0 saturated carbocycles. The third-order valence-corrected chi connectivity index (χ3v) is 6.22. The van der Waals surface area contributed by atoms with Crippen molar-refractivity contribution in [1.29, 1.82) is 0 Å². The first-order valence-electron chi connectivity index (χ1n) is 11.0. The number of aryl methyl sites for hydroxylation is 3. The Morgan fingerprint density at radius 2 is 1.88 bits per heavy atom. The van der Waals surface area contributed by atoms with Crippen molar-refractivity contribution in [1.82, 2.24) is 4.57 Å². The maximum Gasteiger partial charge on any atom is 0.344 e. The highest BCUT2D eigenvalue weighted by molar-refractivity contribution is 6.01. The lowest BCUT2D eigenvalue weighted by Gasteiger charge is -2.21. The van der Waals surface area contributed by atoms with Gasteiger partial charge in [-0.2, -0.15) is 0 Å². The molecule has 0 saturated heterocycles. The van der Waals surface area contributed by atoms with Crippen LogP contribution >= 0.6 is 0 Å². The highest BCUT2D eigenvalue weighted by Crippen LogP contribution is 2.43. The molecule has 3 N–H and O–H groups in total. The van der Waals surface area contributed by atoms with Gasteiger partial charge in [0.05, 0.1) is 18.0 Å². The first-order chi connectivity index (χ1) is 15.2. The van der Waals surface area contributed by atoms with Gasteiger partial charge in [-0.1, -0.05) is 6.07 Å². The summed E-state index contributed by atoms with van der Waals surface area (Å²) in [6.45, 7) is 10.5. The summed E-state index contributed by atoms with van der Waals surface area (Å²) in [5.41, 5.74) is 13.5. The lowest BCUT2D eigenvalue weighted by atomic mass is 9.95. The zero-order valence-electron chi connectivity index (χ0n) is 19.3. The Balaban J connectivity index is 1.85. The smallest absolute Gasteiger partial charge is 0.344 e. The maximum absolute atomic E-state index is 13.1. The number of hydrogen-bond acceptors (Lipinski definition) is 5. The Labute approximate surface area is 188 Å². The van der Waals surface area contributed by atoms with Crippen molar-refractivity contribution in [3.63, 3.8) is 0 Å². The van der Waals surface area contributed by atoms with Gasteiger partial charge in [0.15, 0.2) is 5.75 Å². The summed E-state index contributed by atoms with van der Waals surface area (Å²) in [6.07, 6.45) is 0.524. The lowest BCUT2D eigenvalue weighted by Crippen LogP contribution is -2.14. The molecular weight excluding hydrogens is 404 g/mol. The normalized spacial score (nSPS) is 13.3. The summed E-state index contributed by atoms with van der Waals surface area (Å²) in [7, 11) is 0. The number of hydrogen-bond donors (Lipinski definition) is 2. The van der Waals surface area contributed by atoms with Crippen LogP contribution < -0.4 is 10.5 Å². The zero-order valence-corrected chi connectivity index (χ0v) is 19.3. The fourth-order valence-corrected chi connectivity index (χ4v) is 4.54. The van der Waals surface area contributed by atoms with Crippen molar-refractivity contribution in [2.24, 2.45) is 0 Å². The molecule has 1 aliphatic rings. The van der Waals surface area contributed by atoms with Gasteiger partial charge in [0.25, 0.3) is 0 Å². The summed E-state index contributed by atoms with van der Waals surface area (Å²) in [6, 6.07) is 9.67. The number of nitrogens with zero attached hydrogens (tertiary/aromatic N) is 1. The molecule has 6 nitrogen and oxygen atoms in total. The van der Waals surface area contributed by atoms with Gasteiger partial charge >= 0.3 is 5.97 Å². The van der Waals surface area contributed by atoms with E-state index in [4.69, 9.17) is 15.2 Å². The second kappa shape index (κ2) is 8.26. The van der Waals surface area contributed by atoms with Crippen molar-refractivity contribution < 1.29 is 19.4 Å². The predicted molar refractivity (Wildman–Crippen MR) is 125 cm³/mol.